The van der Waals surface area contributed by atoms with Crippen molar-refractivity contribution in [2.24, 2.45) is 0 Å². The van der Waals surface area contributed by atoms with Gasteiger partial charge in [0.1, 0.15) is 0 Å². The van der Waals surface area contributed by atoms with Crippen molar-refractivity contribution in [2.75, 3.05) is 19.1 Å². The van der Waals surface area contributed by atoms with Crippen molar-refractivity contribution < 1.29 is 24.2 Å². The van der Waals surface area contributed by atoms with E-state index in [0.29, 0.717) is 32.1 Å². The van der Waals surface area contributed by atoms with Crippen LogP contribution in [0, 0.1) is 0 Å². The Morgan fingerprint density at radius 2 is 1.81 bits per heavy atom. The number of amides is 1. The fourth-order valence-electron chi connectivity index (χ4n) is 3.80. The molecule has 0 saturated heterocycles. The first-order valence-corrected chi connectivity index (χ1v) is 12.0. The molecule has 1 aliphatic heterocycles. The minimum atomic E-state index is -1.96. The predicted molar refractivity (Wildman–Crippen MR) is 130 cm³/mol. The lowest BCUT2D eigenvalue weighted by molar-refractivity contribution is -0.136. The third-order valence-corrected chi connectivity index (χ3v) is 7.50. The molecule has 0 radical (unpaired) electrons. The first-order chi connectivity index (χ1) is 15.3. The molecule has 32 heavy (non-hydrogen) atoms. The standard InChI is InChI=1S/C23H19Br2NO5S/c1-30-18-6-3-13(9-19(18)31-2)12-26-16-5-4-14(24)10-15(16)23(29,22(26)28)11-17(27)20-7-8-21(25)32-20/h3-10,29H,11-12H2,1-2H3. The van der Waals surface area contributed by atoms with Gasteiger partial charge in [0.05, 0.1) is 41.5 Å². The summed E-state index contributed by atoms with van der Waals surface area (Å²) in [5, 5.41) is 11.5. The minimum absolute atomic E-state index is 0.203. The van der Waals surface area contributed by atoms with E-state index in [9.17, 15) is 14.7 Å². The van der Waals surface area contributed by atoms with Crippen LogP contribution in [0.3, 0.4) is 0 Å². The van der Waals surface area contributed by atoms with Gasteiger partial charge in [-0.25, -0.2) is 0 Å². The zero-order valence-corrected chi connectivity index (χ0v) is 21.2. The van der Waals surface area contributed by atoms with Gasteiger partial charge in [-0.2, -0.15) is 0 Å². The summed E-state index contributed by atoms with van der Waals surface area (Å²) in [5.41, 5.74) is -0.192. The van der Waals surface area contributed by atoms with Gasteiger partial charge >= 0.3 is 0 Å². The van der Waals surface area contributed by atoms with Crippen LogP contribution in [0.25, 0.3) is 0 Å². The van der Waals surface area contributed by atoms with E-state index in [1.165, 1.54) is 16.2 Å². The molecular weight excluding hydrogens is 562 g/mol. The molecule has 2 heterocycles. The summed E-state index contributed by atoms with van der Waals surface area (Å²) in [7, 11) is 3.10. The van der Waals surface area contributed by atoms with Crippen molar-refractivity contribution in [3.05, 3.63) is 72.8 Å². The van der Waals surface area contributed by atoms with E-state index in [0.717, 1.165) is 9.35 Å². The predicted octanol–water partition coefficient (Wildman–Crippen LogP) is 5.30. The first kappa shape index (κ1) is 23.0. The highest BCUT2D eigenvalue weighted by molar-refractivity contribution is 9.11. The van der Waals surface area contributed by atoms with Gasteiger partial charge in [-0.1, -0.05) is 22.0 Å². The Kier molecular flexibility index (Phi) is 6.44. The summed E-state index contributed by atoms with van der Waals surface area (Å²) in [6.45, 7) is 0.203. The van der Waals surface area contributed by atoms with Crippen LogP contribution in [0.2, 0.25) is 0 Å². The van der Waals surface area contributed by atoms with Gasteiger partial charge in [0.25, 0.3) is 5.91 Å². The SMILES string of the molecule is COc1ccc(CN2C(=O)C(O)(CC(=O)c3ccc(Br)s3)c3cc(Br)ccc32)cc1OC. The average Bonchev–Trinajstić information content (AvgIpc) is 3.30. The van der Waals surface area contributed by atoms with E-state index in [2.05, 4.69) is 31.9 Å². The first-order valence-electron chi connectivity index (χ1n) is 9.60. The lowest BCUT2D eigenvalue weighted by Crippen LogP contribution is -2.41. The summed E-state index contributed by atoms with van der Waals surface area (Å²) in [5.74, 6) is 0.290. The number of hydrogen-bond acceptors (Lipinski definition) is 6. The van der Waals surface area contributed by atoms with Gasteiger partial charge < -0.3 is 19.5 Å². The van der Waals surface area contributed by atoms with Gasteiger partial charge in [-0.15, -0.1) is 11.3 Å². The fourth-order valence-corrected chi connectivity index (χ4v) is 5.48. The van der Waals surface area contributed by atoms with E-state index < -0.39 is 11.5 Å². The van der Waals surface area contributed by atoms with Crippen LogP contribution in [-0.2, 0) is 16.9 Å². The van der Waals surface area contributed by atoms with E-state index in [4.69, 9.17) is 9.47 Å². The number of fused-ring (bicyclic) bond motifs is 1. The molecule has 0 bridgehead atoms. The number of methoxy groups -OCH3 is 2. The second-order valence-corrected chi connectivity index (χ2v) is 10.7. The molecule has 4 rings (SSSR count). The number of Topliss-reactive ketones (excluding diaryl/α,β-unsaturated/α-hetero) is 1. The number of anilines is 1. The number of hydrogen-bond donors (Lipinski definition) is 1. The molecule has 1 aliphatic rings. The number of nitrogens with zero attached hydrogens (tertiary/aromatic N) is 1. The summed E-state index contributed by atoms with van der Waals surface area (Å²) < 4.78 is 12.2. The van der Waals surface area contributed by atoms with E-state index >= 15 is 0 Å². The van der Waals surface area contributed by atoms with Crippen molar-refractivity contribution in [1.29, 1.82) is 0 Å². The highest BCUT2D eigenvalue weighted by Crippen LogP contribution is 2.45. The monoisotopic (exact) mass is 579 g/mol. The Morgan fingerprint density at radius 1 is 1.06 bits per heavy atom. The van der Waals surface area contributed by atoms with E-state index in [-0.39, 0.29) is 18.7 Å². The van der Waals surface area contributed by atoms with Crippen LogP contribution < -0.4 is 14.4 Å². The van der Waals surface area contributed by atoms with Crippen molar-refractivity contribution in [3.8, 4) is 11.5 Å². The lowest BCUT2D eigenvalue weighted by Gasteiger charge is -2.23. The van der Waals surface area contributed by atoms with Crippen molar-refractivity contribution in [2.45, 2.75) is 18.6 Å². The third kappa shape index (κ3) is 4.10. The topological polar surface area (TPSA) is 76.1 Å². The largest absolute Gasteiger partial charge is 0.493 e. The second-order valence-electron chi connectivity index (χ2n) is 7.31. The molecule has 166 valence electrons. The van der Waals surface area contributed by atoms with Crippen LogP contribution in [0.15, 0.2) is 56.8 Å². The molecule has 6 nitrogen and oxygen atoms in total. The Morgan fingerprint density at radius 3 is 2.47 bits per heavy atom. The fraction of sp³-hybridized carbons (Fsp3) is 0.217. The molecule has 1 aromatic heterocycles. The Labute approximate surface area is 206 Å². The molecule has 9 heteroatoms. The molecule has 1 atom stereocenters. The molecular formula is C23H19Br2NO5S. The summed E-state index contributed by atoms with van der Waals surface area (Å²) in [4.78, 5) is 28.4. The summed E-state index contributed by atoms with van der Waals surface area (Å²) in [6.07, 6.45) is -0.343. The molecule has 1 unspecified atom stereocenters. The summed E-state index contributed by atoms with van der Waals surface area (Å²) in [6, 6.07) is 14.1. The smallest absolute Gasteiger partial charge is 0.264 e. The zero-order valence-electron chi connectivity index (χ0n) is 17.2. The maximum Gasteiger partial charge on any atom is 0.264 e. The quantitative estimate of drug-likeness (QED) is 0.384. The third-order valence-electron chi connectivity index (χ3n) is 5.35. The van der Waals surface area contributed by atoms with Crippen LogP contribution in [0.1, 0.15) is 27.2 Å². The average molecular weight is 581 g/mol. The minimum Gasteiger partial charge on any atom is -0.493 e. The number of ketones is 1. The number of carbonyl (C=O) groups excluding carboxylic acids is 2. The Bertz CT molecular complexity index is 1210. The highest BCUT2D eigenvalue weighted by Gasteiger charge is 2.51. The van der Waals surface area contributed by atoms with Crippen LogP contribution in [0.5, 0.6) is 11.5 Å². The van der Waals surface area contributed by atoms with E-state index in [1.54, 1.807) is 56.7 Å². The molecule has 1 N–H and O–H groups in total. The number of benzene rings is 2. The highest BCUT2D eigenvalue weighted by atomic mass is 79.9. The van der Waals surface area contributed by atoms with Gasteiger partial charge in [0.15, 0.2) is 22.9 Å². The van der Waals surface area contributed by atoms with Gasteiger partial charge in [0.2, 0.25) is 0 Å². The maximum atomic E-state index is 13.5. The van der Waals surface area contributed by atoms with Crippen LogP contribution >= 0.6 is 43.2 Å². The normalized spacial score (nSPS) is 17.4. The van der Waals surface area contributed by atoms with Gasteiger partial charge in [0, 0.05) is 10.0 Å². The zero-order chi connectivity index (χ0) is 23.0. The van der Waals surface area contributed by atoms with Crippen molar-refractivity contribution in [3.63, 3.8) is 0 Å². The van der Waals surface area contributed by atoms with E-state index in [1.807, 2.05) is 6.07 Å². The van der Waals surface area contributed by atoms with Crippen molar-refractivity contribution >= 4 is 60.6 Å². The Hall–Kier alpha value is -2.20. The molecule has 1 amide bonds. The molecule has 3 aromatic rings. The number of ether oxygens (including phenoxy) is 2. The van der Waals surface area contributed by atoms with Crippen LogP contribution in [0.4, 0.5) is 5.69 Å². The maximum absolute atomic E-state index is 13.5. The molecule has 0 fully saturated rings. The van der Waals surface area contributed by atoms with Gasteiger partial charge in [-0.3, -0.25) is 9.59 Å². The number of rotatable bonds is 7. The number of halogens is 2. The Balaban J connectivity index is 1.70. The molecule has 2 aromatic carbocycles. The number of thiophene rings is 1. The van der Waals surface area contributed by atoms with Gasteiger partial charge in [-0.05, 0) is 64.0 Å². The lowest BCUT2D eigenvalue weighted by atomic mass is 9.89. The molecule has 0 spiro atoms. The van der Waals surface area contributed by atoms with Crippen molar-refractivity contribution in [1.82, 2.24) is 0 Å². The molecule has 0 saturated carbocycles. The summed E-state index contributed by atoms with van der Waals surface area (Å²) >= 11 is 8.03. The number of aliphatic hydroxyl groups is 1. The number of carbonyl (C=O) groups is 2. The molecule has 0 aliphatic carbocycles. The second kappa shape index (κ2) is 8.97. The van der Waals surface area contributed by atoms with Crippen LogP contribution in [-0.4, -0.2) is 31.0 Å².